The highest BCUT2D eigenvalue weighted by atomic mass is 32.2. The first-order valence-corrected chi connectivity index (χ1v) is 13.2. The molecule has 0 radical (unpaired) electrons. The molecular formula is C28H25N5O3S. The van der Waals surface area contributed by atoms with E-state index in [1.54, 1.807) is 53.8 Å². The maximum Gasteiger partial charge on any atom is 0.246 e. The minimum absolute atomic E-state index is 0.0484. The van der Waals surface area contributed by atoms with Gasteiger partial charge < -0.3 is 9.47 Å². The SMILES string of the molecule is Cn1cncc1CN1C(=O)C(Cc2ccccc2)N(S(=O)(=O)c2ccccc2)Cc2cc(C#N)ccc21. The molecule has 0 N–H and O–H groups in total. The van der Waals surface area contributed by atoms with Crippen molar-refractivity contribution in [2.45, 2.75) is 30.4 Å². The predicted octanol–water partition coefficient (Wildman–Crippen LogP) is 3.64. The molecule has 8 nitrogen and oxygen atoms in total. The van der Waals surface area contributed by atoms with Crippen molar-refractivity contribution in [3.05, 3.63) is 114 Å². The van der Waals surface area contributed by atoms with Crippen molar-refractivity contribution in [3.8, 4) is 6.07 Å². The van der Waals surface area contributed by atoms with Crippen LogP contribution in [0.3, 0.4) is 0 Å². The number of carbonyl (C=O) groups excluding carboxylic acids is 1. The number of amides is 1. The largest absolute Gasteiger partial charge is 0.336 e. The van der Waals surface area contributed by atoms with E-state index >= 15 is 0 Å². The number of carbonyl (C=O) groups is 1. The van der Waals surface area contributed by atoms with Gasteiger partial charge in [0.2, 0.25) is 15.9 Å². The Kier molecular flexibility index (Phi) is 6.61. The summed E-state index contributed by atoms with van der Waals surface area (Å²) in [5.41, 5.74) is 3.20. The number of anilines is 1. The molecule has 5 rings (SSSR count). The van der Waals surface area contributed by atoms with Crippen LogP contribution in [0.2, 0.25) is 0 Å². The number of hydrogen-bond donors (Lipinski definition) is 0. The summed E-state index contributed by atoms with van der Waals surface area (Å²) in [6.07, 6.45) is 3.55. The summed E-state index contributed by atoms with van der Waals surface area (Å²) >= 11 is 0. The van der Waals surface area contributed by atoms with Crippen LogP contribution in [0.4, 0.5) is 5.69 Å². The van der Waals surface area contributed by atoms with Gasteiger partial charge in [-0.05, 0) is 47.9 Å². The molecule has 1 aliphatic rings. The van der Waals surface area contributed by atoms with Crippen LogP contribution >= 0.6 is 0 Å². The summed E-state index contributed by atoms with van der Waals surface area (Å²) < 4.78 is 31.1. The van der Waals surface area contributed by atoms with Crippen molar-refractivity contribution in [1.29, 1.82) is 5.26 Å². The van der Waals surface area contributed by atoms with Gasteiger partial charge in [-0.1, -0.05) is 48.5 Å². The Hall–Kier alpha value is -4.26. The summed E-state index contributed by atoms with van der Waals surface area (Å²) in [5.74, 6) is -0.340. The van der Waals surface area contributed by atoms with Crippen LogP contribution in [-0.2, 0) is 41.4 Å². The molecule has 0 aliphatic carbocycles. The fourth-order valence-corrected chi connectivity index (χ4v) is 6.19. The Morgan fingerprint density at radius 2 is 1.73 bits per heavy atom. The summed E-state index contributed by atoms with van der Waals surface area (Å²) in [4.78, 5) is 20.2. The summed E-state index contributed by atoms with van der Waals surface area (Å²) in [6, 6.07) is 23.7. The van der Waals surface area contributed by atoms with E-state index in [4.69, 9.17) is 0 Å². The van der Waals surface area contributed by atoms with Gasteiger partial charge in [-0.2, -0.15) is 9.57 Å². The lowest BCUT2D eigenvalue weighted by molar-refractivity contribution is -0.122. The van der Waals surface area contributed by atoms with Gasteiger partial charge in [0.15, 0.2) is 0 Å². The lowest BCUT2D eigenvalue weighted by Gasteiger charge is -2.30. The molecule has 1 atom stereocenters. The van der Waals surface area contributed by atoms with Crippen molar-refractivity contribution in [2.75, 3.05) is 4.90 Å². The van der Waals surface area contributed by atoms with Crippen molar-refractivity contribution >= 4 is 21.6 Å². The van der Waals surface area contributed by atoms with Crippen molar-refractivity contribution in [2.24, 2.45) is 7.05 Å². The highest BCUT2D eigenvalue weighted by molar-refractivity contribution is 7.89. The van der Waals surface area contributed by atoms with Crippen LogP contribution in [-0.4, -0.2) is 34.2 Å². The standard InChI is InChI=1S/C28H25N5O3S/c1-31-20-30-17-24(31)19-32-26-13-12-22(16-29)14-23(26)18-33(37(35,36)25-10-6-3-7-11-25)27(28(32)34)15-21-8-4-2-5-9-21/h2-14,17,20,27H,15,18-19H2,1H3. The molecule has 3 aromatic carbocycles. The van der Waals surface area contributed by atoms with Crippen LogP contribution in [0, 0.1) is 11.3 Å². The third-order valence-electron chi connectivity index (χ3n) is 6.58. The van der Waals surface area contributed by atoms with E-state index in [1.807, 2.05) is 41.9 Å². The third kappa shape index (κ3) is 4.77. The first-order chi connectivity index (χ1) is 17.9. The Morgan fingerprint density at radius 3 is 2.38 bits per heavy atom. The first-order valence-electron chi connectivity index (χ1n) is 11.8. The molecule has 9 heteroatoms. The zero-order valence-electron chi connectivity index (χ0n) is 20.2. The summed E-state index contributed by atoms with van der Waals surface area (Å²) in [6.45, 7) is 0.159. The van der Waals surface area contributed by atoms with Crippen LogP contribution in [0.25, 0.3) is 0 Å². The van der Waals surface area contributed by atoms with Crippen LogP contribution in [0.15, 0.2) is 96.3 Å². The predicted molar refractivity (Wildman–Crippen MR) is 139 cm³/mol. The molecule has 4 aromatic rings. The van der Waals surface area contributed by atoms with E-state index in [1.165, 1.54) is 16.4 Å². The molecule has 2 heterocycles. The number of hydrogen-bond acceptors (Lipinski definition) is 5. The van der Waals surface area contributed by atoms with Crippen LogP contribution < -0.4 is 4.90 Å². The second-order valence-corrected chi connectivity index (χ2v) is 10.8. The van der Waals surface area contributed by atoms with Gasteiger partial charge in [0.05, 0.1) is 35.1 Å². The lowest BCUT2D eigenvalue weighted by atomic mass is 10.0. The quantitative estimate of drug-likeness (QED) is 0.394. The molecule has 1 amide bonds. The third-order valence-corrected chi connectivity index (χ3v) is 8.45. The molecule has 37 heavy (non-hydrogen) atoms. The number of nitrogens with zero attached hydrogens (tertiary/aromatic N) is 5. The van der Waals surface area contributed by atoms with Crippen molar-refractivity contribution in [3.63, 3.8) is 0 Å². The zero-order chi connectivity index (χ0) is 26.0. The van der Waals surface area contributed by atoms with Gasteiger partial charge in [-0.15, -0.1) is 0 Å². The van der Waals surface area contributed by atoms with E-state index in [9.17, 15) is 18.5 Å². The second kappa shape index (κ2) is 10.0. The van der Waals surface area contributed by atoms with Crippen LogP contribution in [0.5, 0.6) is 0 Å². The van der Waals surface area contributed by atoms with E-state index in [-0.39, 0.29) is 30.3 Å². The van der Waals surface area contributed by atoms with Gasteiger partial charge in [0.25, 0.3) is 0 Å². The molecule has 1 unspecified atom stereocenters. The molecule has 0 saturated carbocycles. The number of nitriles is 1. The van der Waals surface area contributed by atoms with E-state index < -0.39 is 16.1 Å². The lowest BCUT2D eigenvalue weighted by Crippen LogP contribution is -2.49. The molecule has 0 spiro atoms. The number of aromatic nitrogens is 2. The number of fused-ring (bicyclic) bond motifs is 1. The average Bonchev–Trinajstić information content (AvgIpc) is 3.29. The molecule has 0 saturated heterocycles. The Morgan fingerprint density at radius 1 is 1.03 bits per heavy atom. The molecule has 1 aliphatic heterocycles. The maximum atomic E-state index is 14.3. The smallest absolute Gasteiger partial charge is 0.246 e. The van der Waals surface area contributed by atoms with Crippen molar-refractivity contribution in [1.82, 2.24) is 13.9 Å². The highest BCUT2D eigenvalue weighted by Crippen LogP contribution is 2.34. The minimum atomic E-state index is -4.06. The fourth-order valence-electron chi connectivity index (χ4n) is 4.61. The average molecular weight is 512 g/mol. The van der Waals surface area contributed by atoms with Gasteiger partial charge in [0, 0.05) is 25.5 Å². The van der Waals surface area contributed by atoms with E-state index in [0.29, 0.717) is 16.8 Å². The summed E-state index contributed by atoms with van der Waals surface area (Å²) in [5, 5.41) is 9.55. The molecule has 0 bridgehead atoms. The molecule has 186 valence electrons. The van der Waals surface area contributed by atoms with Crippen LogP contribution in [0.1, 0.15) is 22.4 Å². The monoisotopic (exact) mass is 511 g/mol. The Labute approximate surface area is 216 Å². The van der Waals surface area contributed by atoms with Gasteiger partial charge >= 0.3 is 0 Å². The number of imidazole rings is 1. The van der Waals surface area contributed by atoms with Gasteiger partial charge in [-0.25, -0.2) is 13.4 Å². The van der Waals surface area contributed by atoms with Gasteiger partial charge in [-0.3, -0.25) is 4.79 Å². The Balaban J connectivity index is 1.69. The number of rotatable bonds is 6. The number of aryl methyl sites for hydroxylation is 1. The zero-order valence-corrected chi connectivity index (χ0v) is 21.0. The van der Waals surface area contributed by atoms with E-state index in [0.717, 1.165) is 11.3 Å². The molecule has 1 aromatic heterocycles. The second-order valence-electron chi connectivity index (χ2n) is 8.94. The maximum absolute atomic E-state index is 14.3. The van der Waals surface area contributed by atoms with E-state index in [2.05, 4.69) is 11.1 Å². The molecular weight excluding hydrogens is 486 g/mol. The molecule has 0 fully saturated rings. The van der Waals surface area contributed by atoms with Gasteiger partial charge in [0.1, 0.15) is 6.04 Å². The number of benzene rings is 3. The Bertz CT molecular complexity index is 1580. The van der Waals surface area contributed by atoms with Crippen molar-refractivity contribution < 1.29 is 13.2 Å². The topological polar surface area (TPSA) is 99.3 Å². The first kappa shape index (κ1) is 24.4. The number of sulfonamides is 1. The normalized spacial score (nSPS) is 16.2. The minimum Gasteiger partial charge on any atom is -0.336 e. The summed E-state index contributed by atoms with van der Waals surface area (Å²) in [7, 11) is -2.21. The highest BCUT2D eigenvalue weighted by Gasteiger charge is 2.42. The fraction of sp³-hybridized carbons (Fsp3) is 0.179.